The van der Waals surface area contributed by atoms with Gasteiger partial charge in [-0.3, -0.25) is 14.8 Å². The molecule has 0 aliphatic rings. The van der Waals surface area contributed by atoms with Crippen molar-refractivity contribution in [2.45, 2.75) is 24.7 Å². The van der Waals surface area contributed by atoms with Gasteiger partial charge in [0.1, 0.15) is 17.2 Å². The number of fused-ring (bicyclic) bond motifs is 1. The summed E-state index contributed by atoms with van der Waals surface area (Å²) in [5.74, 6) is 0.658. The fourth-order valence-electron chi connectivity index (χ4n) is 2.97. The van der Waals surface area contributed by atoms with Crippen LogP contribution in [0.3, 0.4) is 0 Å². The zero-order valence-electron chi connectivity index (χ0n) is 15.7. The number of anilines is 1. The number of hydrogen-bond acceptors (Lipinski definition) is 5. The Kier molecular flexibility index (Phi) is 4.75. The molecule has 0 radical (unpaired) electrons. The van der Waals surface area contributed by atoms with Crippen molar-refractivity contribution in [1.29, 1.82) is 0 Å². The molecule has 4 rings (SSSR count). The summed E-state index contributed by atoms with van der Waals surface area (Å²) in [7, 11) is -4.02. The lowest BCUT2D eigenvalue weighted by atomic mass is 10.1. The number of para-hydroxylation sites is 1. The highest BCUT2D eigenvalue weighted by Crippen LogP contribution is 2.30. The molecule has 0 amide bonds. The van der Waals surface area contributed by atoms with Crippen molar-refractivity contribution in [1.82, 2.24) is 20.2 Å². The van der Waals surface area contributed by atoms with Gasteiger partial charge >= 0.3 is 0 Å². The monoisotopic (exact) mass is 411 g/mol. The molecule has 0 saturated carbocycles. The van der Waals surface area contributed by atoms with Crippen LogP contribution in [0.1, 0.15) is 25.6 Å². The molecule has 4 aromatic rings. The Labute approximate surface area is 167 Å². The molecule has 0 fully saturated rings. The standard InChI is InChI=1S/C20H18FN5O2S/c1-12(2)19-23-20(25-24-19)13-6-3-4-8-16(13)26-29(27,28)17-10-9-15(21)18-14(17)7-5-11-22-18/h3-12,26H,1-2H3,(H,23,24,25). The van der Waals surface area contributed by atoms with Gasteiger partial charge in [-0.25, -0.2) is 17.8 Å². The number of nitrogens with one attached hydrogen (secondary N) is 2. The second-order valence-corrected chi connectivity index (χ2v) is 8.45. The summed E-state index contributed by atoms with van der Waals surface area (Å²) in [5.41, 5.74) is 0.853. The van der Waals surface area contributed by atoms with E-state index in [0.717, 1.165) is 6.07 Å². The first-order valence-electron chi connectivity index (χ1n) is 8.94. The van der Waals surface area contributed by atoms with Gasteiger partial charge in [0.2, 0.25) is 0 Å². The molecule has 29 heavy (non-hydrogen) atoms. The van der Waals surface area contributed by atoms with E-state index in [4.69, 9.17) is 0 Å². The lowest BCUT2D eigenvalue weighted by Gasteiger charge is -2.13. The summed E-state index contributed by atoms with van der Waals surface area (Å²) in [6.07, 6.45) is 1.42. The topological polar surface area (TPSA) is 101 Å². The molecule has 0 atom stereocenters. The third-order valence-electron chi connectivity index (χ3n) is 4.43. The van der Waals surface area contributed by atoms with E-state index in [1.807, 2.05) is 13.8 Å². The van der Waals surface area contributed by atoms with Crippen molar-refractivity contribution < 1.29 is 12.8 Å². The summed E-state index contributed by atoms with van der Waals surface area (Å²) in [4.78, 5) is 8.34. The average molecular weight is 411 g/mol. The van der Waals surface area contributed by atoms with Gasteiger partial charge in [0, 0.05) is 23.1 Å². The number of rotatable bonds is 5. The average Bonchev–Trinajstić information content (AvgIpc) is 3.19. The molecule has 9 heteroatoms. The molecule has 0 saturated heterocycles. The van der Waals surface area contributed by atoms with Crippen LogP contribution in [0.25, 0.3) is 22.3 Å². The predicted molar refractivity (Wildman–Crippen MR) is 108 cm³/mol. The summed E-state index contributed by atoms with van der Waals surface area (Å²) < 4.78 is 42.8. The highest BCUT2D eigenvalue weighted by Gasteiger charge is 2.22. The zero-order valence-corrected chi connectivity index (χ0v) is 16.5. The Morgan fingerprint density at radius 2 is 1.86 bits per heavy atom. The molecule has 0 aliphatic carbocycles. The lowest BCUT2D eigenvalue weighted by Crippen LogP contribution is -2.14. The van der Waals surface area contributed by atoms with Crippen molar-refractivity contribution in [2.75, 3.05) is 4.72 Å². The first-order chi connectivity index (χ1) is 13.9. The Hall–Kier alpha value is -3.33. The van der Waals surface area contributed by atoms with E-state index in [-0.39, 0.29) is 21.7 Å². The maximum absolute atomic E-state index is 14.0. The van der Waals surface area contributed by atoms with E-state index >= 15 is 0 Å². The number of nitrogens with zero attached hydrogens (tertiary/aromatic N) is 3. The third kappa shape index (κ3) is 3.56. The van der Waals surface area contributed by atoms with E-state index < -0.39 is 15.8 Å². The summed E-state index contributed by atoms with van der Waals surface area (Å²) in [6.45, 7) is 3.96. The number of pyridine rings is 1. The highest BCUT2D eigenvalue weighted by molar-refractivity contribution is 7.93. The summed E-state index contributed by atoms with van der Waals surface area (Å²) in [5, 5.41) is 7.28. The molecule has 7 nitrogen and oxygen atoms in total. The van der Waals surface area contributed by atoms with Gasteiger partial charge in [0.25, 0.3) is 10.0 Å². The summed E-state index contributed by atoms with van der Waals surface area (Å²) >= 11 is 0. The minimum Gasteiger partial charge on any atom is -0.279 e. The van der Waals surface area contributed by atoms with Crippen molar-refractivity contribution in [3.63, 3.8) is 0 Å². The number of halogens is 1. The molecular weight excluding hydrogens is 393 g/mol. The second-order valence-electron chi connectivity index (χ2n) is 6.80. The van der Waals surface area contributed by atoms with Crippen molar-refractivity contribution >= 4 is 26.6 Å². The van der Waals surface area contributed by atoms with Crippen LogP contribution in [0.2, 0.25) is 0 Å². The molecule has 2 heterocycles. The molecule has 0 unspecified atom stereocenters. The van der Waals surface area contributed by atoms with Crippen LogP contribution in [0.4, 0.5) is 10.1 Å². The first-order valence-corrected chi connectivity index (χ1v) is 10.4. The third-order valence-corrected chi connectivity index (χ3v) is 5.86. The minimum absolute atomic E-state index is 0.000738. The molecule has 0 spiro atoms. The lowest BCUT2D eigenvalue weighted by molar-refractivity contribution is 0.601. The molecular formula is C20H18FN5O2S. The van der Waals surface area contributed by atoms with Gasteiger partial charge in [-0.15, -0.1) is 0 Å². The van der Waals surface area contributed by atoms with E-state index in [1.165, 1.54) is 18.3 Å². The molecule has 148 valence electrons. The van der Waals surface area contributed by atoms with E-state index in [9.17, 15) is 12.8 Å². The Morgan fingerprint density at radius 1 is 1.07 bits per heavy atom. The first kappa shape index (κ1) is 19.0. The normalized spacial score (nSPS) is 11.9. The number of H-pyrrole nitrogens is 1. The SMILES string of the molecule is CC(C)c1nc(-c2ccccc2NS(=O)(=O)c2ccc(F)c3ncccc23)n[nH]1. The van der Waals surface area contributed by atoms with Crippen molar-refractivity contribution in [2.24, 2.45) is 0 Å². The molecule has 0 bridgehead atoms. The van der Waals surface area contributed by atoms with Gasteiger partial charge in [0.15, 0.2) is 5.82 Å². The predicted octanol–water partition coefficient (Wildman–Crippen LogP) is 4.08. The van der Waals surface area contributed by atoms with E-state index in [0.29, 0.717) is 22.9 Å². The second kappa shape index (κ2) is 7.25. The maximum atomic E-state index is 14.0. The van der Waals surface area contributed by atoms with Crippen LogP contribution in [-0.2, 0) is 10.0 Å². The van der Waals surface area contributed by atoms with Crippen LogP contribution in [0, 0.1) is 5.82 Å². The Bertz CT molecular complexity index is 1300. The van der Waals surface area contributed by atoms with Gasteiger partial charge in [0.05, 0.1) is 10.6 Å². The molecule has 2 N–H and O–H groups in total. The molecule has 2 aromatic carbocycles. The number of aromatic nitrogens is 4. The van der Waals surface area contributed by atoms with Crippen LogP contribution in [0.15, 0.2) is 59.6 Å². The fraction of sp³-hybridized carbons (Fsp3) is 0.150. The minimum atomic E-state index is -4.02. The largest absolute Gasteiger partial charge is 0.279 e. The maximum Gasteiger partial charge on any atom is 0.262 e. The molecule has 0 aliphatic heterocycles. The van der Waals surface area contributed by atoms with Crippen molar-refractivity contribution in [3.05, 3.63) is 66.4 Å². The number of benzene rings is 2. The number of hydrogen-bond donors (Lipinski definition) is 2. The van der Waals surface area contributed by atoms with E-state index in [1.54, 1.807) is 30.3 Å². The summed E-state index contributed by atoms with van der Waals surface area (Å²) in [6, 6.07) is 12.3. The van der Waals surface area contributed by atoms with Gasteiger partial charge in [-0.1, -0.05) is 26.0 Å². The smallest absolute Gasteiger partial charge is 0.262 e. The van der Waals surface area contributed by atoms with Gasteiger partial charge < -0.3 is 0 Å². The van der Waals surface area contributed by atoms with Crippen molar-refractivity contribution in [3.8, 4) is 11.4 Å². The molecule has 2 aromatic heterocycles. The van der Waals surface area contributed by atoms with Gasteiger partial charge in [-0.05, 0) is 36.4 Å². The fourth-order valence-corrected chi connectivity index (χ4v) is 4.25. The zero-order chi connectivity index (χ0) is 20.6. The quantitative estimate of drug-likeness (QED) is 0.515. The van der Waals surface area contributed by atoms with Crippen LogP contribution >= 0.6 is 0 Å². The Morgan fingerprint density at radius 3 is 2.62 bits per heavy atom. The van der Waals surface area contributed by atoms with E-state index in [2.05, 4.69) is 24.9 Å². The number of aromatic amines is 1. The number of sulfonamides is 1. The van der Waals surface area contributed by atoms with Crippen LogP contribution < -0.4 is 4.72 Å². The van der Waals surface area contributed by atoms with Gasteiger partial charge in [-0.2, -0.15) is 5.10 Å². The van der Waals surface area contributed by atoms with Crippen LogP contribution in [0.5, 0.6) is 0 Å². The van der Waals surface area contributed by atoms with Crippen LogP contribution in [-0.4, -0.2) is 28.6 Å². The highest BCUT2D eigenvalue weighted by atomic mass is 32.2. The Balaban J connectivity index is 1.78.